The summed E-state index contributed by atoms with van der Waals surface area (Å²) in [6.45, 7) is 2.10. The first kappa shape index (κ1) is 10.9. The second kappa shape index (κ2) is 3.43. The van der Waals surface area contributed by atoms with Crippen LogP contribution in [0.4, 0.5) is 0 Å². The van der Waals surface area contributed by atoms with Gasteiger partial charge in [-0.05, 0) is 19.1 Å². The Kier molecular flexibility index (Phi) is 2.48. The molecule has 0 radical (unpaired) electrons. The van der Waals surface area contributed by atoms with Crippen molar-refractivity contribution >= 4 is 21.4 Å². The van der Waals surface area contributed by atoms with Gasteiger partial charge in [-0.3, -0.25) is 0 Å². The van der Waals surface area contributed by atoms with Crippen LogP contribution in [0.25, 0.3) is 0 Å². The highest BCUT2D eigenvalue weighted by Gasteiger charge is 2.47. The second-order valence-corrected chi connectivity index (χ2v) is 6.61. The average molecular weight is 248 g/mol. The largest absolute Gasteiger partial charge is 0.378 e. The maximum Gasteiger partial charge on any atom is 0.205 e. The lowest BCUT2D eigenvalue weighted by atomic mass is 10.1. The van der Waals surface area contributed by atoms with Gasteiger partial charge < -0.3 is 4.74 Å². The lowest BCUT2D eigenvalue weighted by molar-refractivity contribution is -0.00501. The predicted octanol–water partition coefficient (Wildman–Crippen LogP) is 1.30. The van der Waals surface area contributed by atoms with Crippen LogP contribution < -0.4 is 0 Å². The van der Waals surface area contributed by atoms with Crippen LogP contribution >= 0.6 is 11.6 Å². The van der Waals surface area contributed by atoms with E-state index in [0.717, 1.165) is 0 Å². The van der Waals surface area contributed by atoms with E-state index in [1.54, 1.807) is 6.92 Å². The van der Waals surface area contributed by atoms with E-state index in [9.17, 15) is 8.42 Å². The first-order valence-electron chi connectivity index (χ1n) is 4.40. The van der Waals surface area contributed by atoms with Gasteiger partial charge in [0.05, 0.1) is 18.2 Å². The summed E-state index contributed by atoms with van der Waals surface area (Å²) >= 11 is 5.64. The summed E-state index contributed by atoms with van der Waals surface area (Å²) in [5.41, 5.74) is 0. The molecular formula is C9H10ClNO3S. The van der Waals surface area contributed by atoms with E-state index in [0.29, 0.717) is 5.02 Å². The maximum absolute atomic E-state index is 12.1. The summed E-state index contributed by atoms with van der Waals surface area (Å²) in [6, 6.07) is 2.94. The molecule has 0 spiro atoms. The number of ether oxygens (including phenoxy) is 1. The fourth-order valence-electron chi connectivity index (χ4n) is 1.32. The molecular weight excluding hydrogens is 238 g/mol. The monoisotopic (exact) mass is 247 g/mol. The van der Waals surface area contributed by atoms with Crippen molar-refractivity contribution in [1.29, 1.82) is 0 Å². The minimum absolute atomic E-state index is 0.0534. The topological polar surface area (TPSA) is 56.3 Å². The minimum atomic E-state index is -3.41. The van der Waals surface area contributed by atoms with E-state index >= 15 is 0 Å². The van der Waals surface area contributed by atoms with Crippen LogP contribution in [0.5, 0.6) is 0 Å². The zero-order valence-corrected chi connectivity index (χ0v) is 9.68. The Morgan fingerprint density at radius 3 is 2.53 bits per heavy atom. The van der Waals surface area contributed by atoms with Gasteiger partial charge in [-0.25, -0.2) is 13.4 Å². The summed E-state index contributed by atoms with van der Waals surface area (Å²) in [5.74, 6) is 0. The molecule has 4 nitrogen and oxygen atoms in total. The molecule has 0 aliphatic carbocycles. The van der Waals surface area contributed by atoms with Crippen molar-refractivity contribution in [3.63, 3.8) is 0 Å². The minimum Gasteiger partial charge on any atom is -0.378 e. The van der Waals surface area contributed by atoms with Crippen molar-refractivity contribution in [3.05, 3.63) is 23.4 Å². The molecule has 15 heavy (non-hydrogen) atoms. The Morgan fingerprint density at radius 2 is 2.13 bits per heavy atom. The Balaban J connectivity index is 2.42. The van der Waals surface area contributed by atoms with Gasteiger partial charge in [-0.15, -0.1) is 0 Å². The summed E-state index contributed by atoms with van der Waals surface area (Å²) in [5, 5.41) is 0.474. The summed E-state index contributed by atoms with van der Waals surface area (Å²) in [7, 11) is -3.41. The van der Waals surface area contributed by atoms with Crippen LogP contribution in [0.15, 0.2) is 23.4 Å². The SMILES string of the molecule is CC1(S(=O)(=O)c2ccc(Cl)cn2)COC1. The lowest BCUT2D eigenvalue weighted by Gasteiger charge is -2.36. The molecule has 2 rings (SSSR count). The number of halogens is 1. The van der Waals surface area contributed by atoms with Crippen LogP contribution in [-0.2, 0) is 14.6 Å². The third-order valence-electron chi connectivity index (χ3n) is 2.44. The summed E-state index contributed by atoms with van der Waals surface area (Å²) < 4.78 is 28.2. The maximum atomic E-state index is 12.1. The molecule has 0 bridgehead atoms. The number of sulfone groups is 1. The molecule has 1 aromatic rings. The Hall–Kier alpha value is -0.650. The van der Waals surface area contributed by atoms with Crippen molar-refractivity contribution in [3.8, 4) is 0 Å². The standard InChI is InChI=1S/C9H10ClNO3S/c1-9(5-14-6-9)15(12,13)8-3-2-7(10)4-11-8/h2-4H,5-6H2,1H3. The highest BCUT2D eigenvalue weighted by atomic mass is 35.5. The van der Waals surface area contributed by atoms with E-state index in [2.05, 4.69) is 4.98 Å². The first-order chi connectivity index (χ1) is 6.96. The molecule has 1 aliphatic rings. The Morgan fingerprint density at radius 1 is 1.47 bits per heavy atom. The summed E-state index contributed by atoms with van der Waals surface area (Å²) in [6.07, 6.45) is 1.33. The molecule has 2 heterocycles. The molecule has 0 amide bonds. The van der Waals surface area contributed by atoms with Gasteiger partial charge in [0.2, 0.25) is 9.84 Å². The Labute approximate surface area is 93.1 Å². The smallest absolute Gasteiger partial charge is 0.205 e. The molecule has 1 aromatic heterocycles. The van der Waals surface area contributed by atoms with E-state index < -0.39 is 14.6 Å². The van der Waals surface area contributed by atoms with Gasteiger partial charge in [-0.2, -0.15) is 0 Å². The third kappa shape index (κ3) is 1.64. The van der Waals surface area contributed by atoms with Crippen LogP contribution in [0.2, 0.25) is 5.02 Å². The predicted molar refractivity (Wildman–Crippen MR) is 55.7 cm³/mol. The summed E-state index contributed by atoms with van der Waals surface area (Å²) in [4.78, 5) is 3.82. The van der Waals surface area contributed by atoms with Crippen molar-refractivity contribution in [2.24, 2.45) is 0 Å². The van der Waals surface area contributed by atoms with Crippen LogP contribution in [0.1, 0.15) is 6.92 Å². The van der Waals surface area contributed by atoms with Gasteiger partial charge in [0.1, 0.15) is 4.75 Å². The molecule has 1 fully saturated rings. The van der Waals surface area contributed by atoms with E-state index in [4.69, 9.17) is 16.3 Å². The van der Waals surface area contributed by atoms with Gasteiger partial charge in [0.15, 0.2) is 5.03 Å². The lowest BCUT2D eigenvalue weighted by Crippen LogP contribution is -2.53. The third-order valence-corrected chi connectivity index (χ3v) is 4.99. The number of nitrogens with zero attached hydrogens (tertiary/aromatic N) is 1. The fourth-order valence-corrected chi connectivity index (χ4v) is 2.85. The van der Waals surface area contributed by atoms with Crippen LogP contribution in [0, 0.1) is 0 Å². The van der Waals surface area contributed by atoms with Crippen molar-refractivity contribution in [2.45, 2.75) is 16.7 Å². The zero-order valence-electron chi connectivity index (χ0n) is 8.10. The van der Waals surface area contributed by atoms with Crippen molar-refractivity contribution in [2.75, 3.05) is 13.2 Å². The second-order valence-electron chi connectivity index (χ2n) is 3.76. The molecule has 1 saturated heterocycles. The van der Waals surface area contributed by atoms with E-state index in [-0.39, 0.29) is 18.2 Å². The molecule has 1 aliphatic heterocycles. The van der Waals surface area contributed by atoms with Crippen LogP contribution in [-0.4, -0.2) is 31.4 Å². The van der Waals surface area contributed by atoms with Gasteiger partial charge in [-0.1, -0.05) is 11.6 Å². The van der Waals surface area contributed by atoms with Crippen molar-refractivity contribution < 1.29 is 13.2 Å². The van der Waals surface area contributed by atoms with E-state index in [1.165, 1.54) is 18.3 Å². The molecule has 0 saturated carbocycles. The highest BCUT2D eigenvalue weighted by Crippen LogP contribution is 2.31. The van der Waals surface area contributed by atoms with Gasteiger partial charge in [0, 0.05) is 6.20 Å². The number of hydrogen-bond acceptors (Lipinski definition) is 4. The molecule has 0 atom stereocenters. The quantitative estimate of drug-likeness (QED) is 0.791. The average Bonchev–Trinajstić information content (AvgIpc) is 2.14. The number of pyridine rings is 1. The molecule has 0 unspecified atom stereocenters. The number of hydrogen-bond donors (Lipinski definition) is 0. The zero-order chi connectivity index (χ0) is 11.1. The molecule has 0 N–H and O–H groups in total. The fraction of sp³-hybridized carbons (Fsp3) is 0.444. The molecule has 6 heteroatoms. The van der Waals surface area contributed by atoms with Crippen molar-refractivity contribution in [1.82, 2.24) is 4.98 Å². The van der Waals surface area contributed by atoms with Gasteiger partial charge in [0.25, 0.3) is 0 Å². The van der Waals surface area contributed by atoms with E-state index in [1.807, 2.05) is 0 Å². The van der Waals surface area contributed by atoms with Gasteiger partial charge >= 0.3 is 0 Å². The number of rotatable bonds is 2. The highest BCUT2D eigenvalue weighted by molar-refractivity contribution is 7.92. The molecule has 82 valence electrons. The normalized spacial score (nSPS) is 19.6. The molecule has 0 aromatic carbocycles. The number of aromatic nitrogens is 1. The Bertz CT molecular complexity index is 465. The van der Waals surface area contributed by atoms with Crippen LogP contribution in [0.3, 0.4) is 0 Å². The first-order valence-corrected chi connectivity index (χ1v) is 6.26.